The Morgan fingerprint density at radius 2 is 2.16 bits per heavy atom. The van der Waals surface area contributed by atoms with Crippen molar-refractivity contribution in [3.63, 3.8) is 0 Å². The Morgan fingerprint density at radius 3 is 2.88 bits per heavy atom. The molecule has 1 saturated heterocycles. The fourth-order valence-electron chi connectivity index (χ4n) is 3.19. The standard InChI is InChI=1S/C18H23ClN4OS/c1-3-15-6-4-5-11-23(15)17(24)12(2)25-18-20-16(21-22-18)13-7-9-14(19)10-8-13/h7-10,12,15H,3-6,11H2,1-2H3,(H,20,21,22). The van der Waals surface area contributed by atoms with Gasteiger partial charge in [-0.3, -0.25) is 9.89 Å². The smallest absolute Gasteiger partial charge is 0.236 e. The zero-order chi connectivity index (χ0) is 17.8. The molecular weight excluding hydrogens is 356 g/mol. The number of halogens is 1. The molecule has 7 heteroatoms. The molecular formula is C18H23ClN4OS. The van der Waals surface area contributed by atoms with E-state index in [0.717, 1.165) is 31.4 Å². The molecule has 1 aliphatic rings. The third kappa shape index (κ3) is 4.36. The van der Waals surface area contributed by atoms with Gasteiger partial charge >= 0.3 is 0 Å². The van der Waals surface area contributed by atoms with E-state index < -0.39 is 0 Å². The number of aromatic amines is 1. The minimum atomic E-state index is -0.194. The summed E-state index contributed by atoms with van der Waals surface area (Å²) in [6.07, 6.45) is 4.45. The van der Waals surface area contributed by atoms with Crippen LogP contribution in [0.5, 0.6) is 0 Å². The van der Waals surface area contributed by atoms with Crippen molar-refractivity contribution in [2.45, 2.75) is 56.0 Å². The molecule has 25 heavy (non-hydrogen) atoms. The molecule has 1 amide bonds. The molecule has 2 heterocycles. The van der Waals surface area contributed by atoms with Crippen molar-refractivity contribution in [3.8, 4) is 11.4 Å². The predicted octanol–water partition coefficient (Wildman–Crippen LogP) is 4.40. The quantitative estimate of drug-likeness (QED) is 0.783. The summed E-state index contributed by atoms with van der Waals surface area (Å²) in [4.78, 5) is 19.4. The Labute approximate surface area is 157 Å². The molecule has 1 fully saturated rings. The largest absolute Gasteiger partial charge is 0.339 e. The molecule has 1 aromatic carbocycles. The monoisotopic (exact) mass is 378 g/mol. The highest BCUT2D eigenvalue weighted by Crippen LogP contribution is 2.27. The second kappa shape index (κ2) is 8.23. The van der Waals surface area contributed by atoms with Crippen LogP contribution in [-0.2, 0) is 4.79 Å². The lowest BCUT2D eigenvalue weighted by Crippen LogP contribution is -2.46. The summed E-state index contributed by atoms with van der Waals surface area (Å²) in [6.45, 7) is 4.96. The van der Waals surface area contributed by atoms with Crippen LogP contribution in [0, 0.1) is 0 Å². The normalized spacial score (nSPS) is 19.0. The first-order valence-electron chi connectivity index (χ1n) is 8.74. The van der Waals surface area contributed by atoms with Gasteiger partial charge in [-0.05, 0) is 56.9 Å². The molecule has 2 atom stereocenters. The minimum Gasteiger partial charge on any atom is -0.339 e. The number of nitrogens with zero attached hydrogens (tertiary/aromatic N) is 3. The summed E-state index contributed by atoms with van der Waals surface area (Å²) in [6, 6.07) is 7.80. The van der Waals surface area contributed by atoms with E-state index in [1.54, 1.807) is 0 Å². The number of piperidine rings is 1. The average Bonchev–Trinajstić information content (AvgIpc) is 3.10. The van der Waals surface area contributed by atoms with E-state index in [0.29, 0.717) is 22.0 Å². The molecule has 0 aliphatic carbocycles. The lowest BCUT2D eigenvalue weighted by atomic mass is 10.00. The van der Waals surface area contributed by atoms with Crippen molar-refractivity contribution < 1.29 is 4.79 Å². The molecule has 1 aromatic heterocycles. The van der Waals surface area contributed by atoms with Crippen LogP contribution in [0.15, 0.2) is 29.4 Å². The number of amides is 1. The highest BCUT2D eigenvalue weighted by molar-refractivity contribution is 8.00. The highest BCUT2D eigenvalue weighted by atomic mass is 35.5. The molecule has 0 saturated carbocycles. The summed E-state index contributed by atoms with van der Waals surface area (Å²) in [5.41, 5.74) is 0.921. The van der Waals surface area contributed by atoms with Crippen molar-refractivity contribution in [1.82, 2.24) is 20.1 Å². The Balaban J connectivity index is 1.65. The van der Waals surface area contributed by atoms with Gasteiger partial charge in [0, 0.05) is 23.2 Å². The van der Waals surface area contributed by atoms with Crippen LogP contribution >= 0.6 is 23.4 Å². The third-order valence-electron chi connectivity index (χ3n) is 4.59. The van der Waals surface area contributed by atoms with Gasteiger partial charge in [-0.1, -0.05) is 30.3 Å². The number of nitrogens with one attached hydrogen (secondary N) is 1. The highest BCUT2D eigenvalue weighted by Gasteiger charge is 2.29. The summed E-state index contributed by atoms with van der Waals surface area (Å²) in [5.74, 6) is 0.873. The summed E-state index contributed by atoms with van der Waals surface area (Å²) in [5, 5.41) is 8.26. The Kier molecular flexibility index (Phi) is 6.02. The maximum absolute atomic E-state index is 12.8. The van der Waals surface area contributed by atoms with Gasteiger partial charge in [0.05, 0.1) is 5.25 Å². The Bertz CT molecular complexity index is 718. The minimum absolute atomic E-state index is 0.189. The van der Waals surface area contributed by atoms with Crippen molar-refractivity contribution >= 4 is 29.3 Å². The van der Waals surface area contributed by atoms with Crippen molar-refractivity contribution in [2.75, 3.05) is 6.54 Å². The number of benzene rings is 1. The first-order valence-corrected chi connectivity index (χ1v) is 9.99. The molecule has 3 rings (SSSR count). The molecule has 0 spiro atoms. The van der Waals surface area contributed by atoms with Gasteiger partial charge in [-0.15, -0.1) is 5.10 Å². The summed E-state index contributed by atoms with van der Waals surface area (Å²) >= 11 is 7.32. The van der Waals surface area contributed by atoms with Crippen LogP contribution < -0.4 is 0 Å². The second-order valence-corrected chi connectivity index (χ2v) is 8.07. The molecule has 134 valence electrons. The fraction of sp³-hybridized carbons (Fsp3) is 0.500. The molecule has 2 aromatic rings. The SMILES string of the molecule is CCC1CCCCN1C(=O)C(C)Sc1n[nH]c(-c2ccc(Cl)cc2)n1. The number of aromatic nitrogens is 3. The number of carbonyl (C=O) groups excluding carboxylic acids is 1. The Hall–Kier alpha value is -1.53. The van der Waals surface area contributed by atoms with Gasteiger partial charge < -0.3 is 4.90 Å². The van der Waals surface area contributed by atoms with Crippen molar-refractivity contribution in [1.29, 1.82) is 0 Å². The van der Waals surface area contributed by atoms with Gasteiger partial charge in [0.2, 0.25) is 11.1 Å². The second-order valence-electron chi connectivity index (χ2n) is 6.32. The van der Waals surface area contributed by atoms with E-state index >= 15 is 0 Å². The zero-order valence-electron chi connectivity index (χ0n) is 14.5. The zero-order valence-corrected chi connectivity index (χ0v) is 16.1. The number of hydrogen-bond donors (Lipinski definition) is 1. The third-order valence-corrected chi connectivity index (χ3v) is 5.79. The van der Waals surface area contributed by atoms with Crippen LogP contribution in [0.3, 0.4) is 0 Å². The molecule has 0 bridgehead atoms. The van der Waals surface area contributed by atoms with E-state index in [2.05, 4.69) is 22.1 Å². The van der Waals surface area contributed by atoms with Gasteiger partial charge in [0.15, 0.2) is 5.82 Å². The lowest BCUT2D eigenvalue weighted by Gasteiger charge is -2.36. The van der Waals surface area contributed by atoms with E-state index in [1.165, 1.54) is 18.2 Å². The predicted molar refractivity (Wildman–Crippen MR) is 102 cm³/mol. The maximum Gasteiger partial charge on any atom is 0.236 e. The van der Waals surface area contributed by atoms with Crippen LogP contribution in [0.25, 0.3) is 11.4 Å². The molecule has 1 N–H and O–H groups in total. The number of carbonyl (C=O) groups is 1. The van der Waals surface area contributed by atoms with E-state index in [9.17, 15) is 4.79 Å². The van der Waals surface area contributed by atoms with Crippen molar-refractivity contribution in [3.05, 3.63) is 29.3 Å². The van der Waals surface area contributed by atoms with Crippen molar-refractivity contribution in [2.24, 2.45) is 0 Å². The number of rotatable bonds is 5. The number of H-pyrrole nitrogens is 1. The number of thioether (sulfide) groups is 1. The fourth-order valence-corrected chi connectivity index (χ4v) is 4.11. The topological polar surface area (TPSA) is 61.9 Å². The van der Waals surface area contributed by atoms with Gasteiger partial charge in [-0.2, -0.15) is 0 Å². The number of likely N-dealkylation sites (tertiary alicyclic amines) is 1. The molecule has 2 unspecified atom stereocenters. The summed E-state index contributed by atoms with van der Waals surface area (Å²) in [7, 11) is 0. The van der Waals surface area contributed by atoms with Crippen LogP contribution in [-0.4, -0.2) is 43.8 Å². The van der Waals surface area contributed by atoms with Crippen LogP contribution in [0.4, 0.5) is 0 Å². The van der Waals surface area contributed by atoms with Crippen LogP contribution in [0.1, 0.15) is 39.5 Å². The maximum atomic E-state index is 12.8. The average molecular weight is 379 g/mol. The molecule has 1 aliphatic heterocycles. The van der Waals surface area contributed by atoms with Gasteiger partial charge in [0.25, 0.3) is 0 Å². The first-order chi connectivity index (χ1) is 12.1. The summed E-state index contributed by atoms with van der Waals surface area (Å²) < 4.78 is 0. The molecule has 0 radical (unpaired) electrons. The van der Waals surface area contributed by atoms with Gasteiger partial charge in [-0.25, -0.2) is 4.98 Å². The lowest BCUT2D eigenvalue weighted by molar-refractivity contribution is -0.134. The molecule has 5 nitrogen and oxygen atoms in total. The van der Waals surface area contributed by atoms with Crippen LogP contribution in [0.2, 0.25) is 5.02 Å². The van der Waals surface area contributed by atoms with E-state index in [-0.39, 0.29) is 11.2 Å². The Morgan fingerprint density at radius 1 is 1.40 bits per heavy atom. The van der Waals surface area contributed by atoms with E-state index in [4.69, 9.17) is 11.6 Å². The first kappa shape index (κ1) is 18.3. The van der Waals surface area contributed by atoms with E-state index in [1.807, 2.05) is 36.1 Å². The van der Waals surface area contributed by atoms with Gasteiger partial charge in [0.1, 0.15) is 0 Å². The number of hydrogen-bond acceptors (Lipinski definition) is 4.